The summed E-state index contributed by atoms with van der Waals surface area (Å²) in [6.07, 6.45) is 5.61. The van der Waals surface area contributed by atoms with Gasteiger partial charge in [0.25, 0.3) is 17.1 Å². The van der Waals surface area contributed by atoms with Crippen molar-refractivity contribution in [1.29, 1.82) is 0 Å². The Labute approximate surface area is 202 Å². The summed E-state index contributed by atoms with van der Waals surface area (Å²) in [5.41, 5.74) is 1.57. The van der Waals surface area contributed by atoms with Crippen LogP contribution in [0.1, 0.15) is 37.3 Å². The molecule has 0 aliphatic carbocycles. The number of thioether (sulfide) groups is 1. The number of aromatic nitrogens is 1. The maximum atomic E-state index is 12.7. The average Bonchev–Trinajstić information content (AvgIpc) is 3.11. The first-order valence-electron chi connectivity index (χ1n) is 11.0. The summed E-state index contributed by atoms with van der Waals surface area (Å²) in [6.45, 7) is 3.62. The van der Waals surface area contributed by atoms with E-state index in [1.807, 2.05) is 44.2 Å². The van der Waals surface area contributed by atoms with Crippen LogP contribution in [0.2, 0.25) is 0 Å². The van der Waals surface area contributed by atoms with Gasteiger partial charge in [0.2, 0.25) is 0 Å². The van der Waals surface area contributed by atoms with Gasteiger partial charge in [0.05, 0.1) is 10.8 Å². The molecule has 2 atom stereocenters. The highest BCUT2D eigenvalue weighted by Gasteiger charge is 2.34. The first-order valence-corrected chi connectivity index (χ1v) is 11.9. The van der Waals surface area contributed by atoms with Crippen LogP contribution in [0.3, 0.4) is 0 Å². The van der Waals surface area contributed by atoms with E-state index in [0.717, 1.165) is 28.6 Å². The number of nitrogens with zero attached hydrogens (tertiary/aromatic N) is 2. The number of pyridine rings is 1. The molecule has 2 heterocycles. The molecule has 1 aromatic carbocycles. The van der Waals surface area contributed by atoms with Crippen LogP contribution in [0.25, 0.3) is 6.08 Å². The molecule has 1 fully saturated rings. The van der Waals surface area contributed by atoms with Gasteiger partial charge < -0.3 is 10.1 Å². The molecular weight excluding hydrogens is 454 g/mol. The van der Waals surface area contributed by atoms with E-state index in [1.165, 1.54) is 0 Å². The summed E-state index contributed by atoms with van der Waals surface area (Å²) in [5.74, 6) is -1.78. The van der Waals surface area contributed by atoms with Crippen molar-refractivity contribution in [2.75, 3.05) is 19.7 Å². The Morgan fingerprint density at radius 2 is 1.94 bits per heavy atom. The van der Waals surface area contributed by atoms with Crippen LogP contribution in [0.5, 0.6) is 0 Å². The minimum Gasteiger partial charge on any atom is -0.455 e. The zero-order valence-corrected chi connectivity index (χ0v) is 19.9. The van der Waals surface area contributed by atoms with Gasteiger partial charge >= 0.3 is 5.97 Å². The van der Waals surface area contributed by atoms with Gasteiger partial charge in [0.15, 0.2) is 6.61 Å². The largest absolute Gasteiger partial charge is 0.455 e. The molecule has 3 amide bonds. The molecule has 178 valence electrons. The molecule has 1 N–H and O–H groups in total. The summed E-state index contributed by atoms with van der Waals surface area (Å²) in [6, 6.07) is 12.9. The highest BCUT2D eigenvalue weighted by atomic mass is 32.2. The lowest BCUT2D eigenvalue weighted by atomic mass is 9.86. The SMILES string of the molecule is CCC(C)C(C(=O)OCC(=O)NCCN1C(=O)S/C(=C\c2cccnc2)C1=O)c1ccccc1. The Morgan fingerprint density at radius 1 is 1.18 bits per heavy atom. The number of rotatable bonds is 10. The monoisotopic (exact) mass is 481 g/mol. The lowest BCUT2D eigenvalue weighted by molar-refractivity contribution is -0.151. The highest BCUT2D eigenvalue weighted by molar-refractivity contribution is 8.18. The molecule has 2 unspecified atom stereocenters. The van der Waals surface area contributed by atoms with Crippen molar-refractivity contribution in [3.8, 4) is 0 Å². The van der Waals surface area contributed by atoms with Crippen LogP contribution in [-0.4, -0.2) is 52.6 Å². The maximum Gasteiger partial charge on any atom is 0.314 e. The van der Waals surface area contributed by atoms with E-state index in [2.05, 4.69) is 10.3 Å². The van der Waals surface area contributed by atoms with E-state index >= 15 is 0 Å². The van der Waals surface area contributed by atoms with E-state index < -0.39 is 35.5 Å². The standard InChI is InChI=1S/C25H27N3O5S/c1-3-17(2)22(19-9-5-4-6-10-19)24(31)33-16-21(29)27-12-13-28-23(30)20(34-25(28)32)14-18-8-7-11-26-15-18/h4-11,14-15,17,22H,3,12-13,16H2,1-2H3,(H,27,29)/b20-14-. The van der Waals surface area contributed by atoms with Crippen molar-refractivity contribution >= 4 is 40.9 Å². The average molecular weight is 482 g/mol. The zero-order valence-electron chi connectivity index (χ0n) is 19.1. The smallest absolute Gasteiger partial charge is 0.314 e. The fourth-order valence-electron chi connectivity index (χ4n) is 3.48. The van der Waals surface area contributed by atoms with E-state index in [4.69, 9.17) is 4.74 Å². The van der Waals surface area contributed by atoms with Crippen molar-refractivity contribution in [3.63, 3.8) is 0 Å². The third kappa shape index (κ3) is 6.54. The first kappa shape index (κ1) is 25.2. The van der Waals surface area contributed by atoms with E-state index in [0.29, 0.717) is 10.5 Å². The third-order valence-corrected chi connectivity index (χ3v) is 6.39. The number of imide groups is 1. The van der Waals surface area contributed by atoms with Crippen LogP contribution in [-0.2, 0) is 19.1 Å². The number of carbonyl (C=O) groups excluding carboxylic acids is 4. The van der Waals surface area contributed by atoms with Gasteiger partial charge in [-0.1, -0.05) is 56.7 Å². The van der Waals surface area contributed by atoms with Crippen LogP contribution in [0.15, 0.2) is 59.8 Å². The van der Waals surface area contributed by atoms with Crippen molar-refractivity contribution in [1.82, 2.24) is 15.2 Å². The molecule has 0 radical (unpaired) electrons. The lowest BCUT2D eigenvalue weighted by Crippen LogP contribution is -2.39. The van der Waals surface area contributed by atoms with Gasteiger partial charge in [-0.2, -0.15) is 0 Å². The van der Waals surface area contributed by atoms with Crippen LogP contribution >= 0.6 is 11.8 Å². The molecule has 1 aliphatic rings. The van der Waals surface area contributed by atoms with Crippen LogP contribution in [0.4, 0.5) is 4.79 Å². The number of carbonyl (C=O) groups is 4. The minimum absolute atomic E-state index is 0.0221. The molecule has 1 aliphatic heterocycles. The summed E-state index contributed by atoms with van der Waals surface area (Å²) in [5, 5.41) is 2.19. The van der Waals surface area contributed by atoms with Gasteiger partial charge in [-0.15, -0.1) is 0 Å². The summed E-state index contributed by atoms with van der Waals surface area (Å²) < 4.78 is 5.27. The van der Waals surface area contributed by atoms with E-state index in [9.17, 15) is 19.2 Å². The molecule has 1 saturated heterocycles. The molecule has 0 saturated carbocycles. The van der Waals surface area contributed by atoms with Crippen LogP contribution in [0, 0.1) is 5.92 Å². The van der Waals surface area contributed by atoms with Gasteiger partial charge in [-0.3, -0.25) is 29.1 Å². The molecule has 3 rings (SSSR count). The Morgan fingerprint density at radius 3 is 2.62 bits per heavy atom. The number of nitrogens with one attached hydrogen (secondary N) is 1. The molecule has 1 aromatic heterocycles. The third-order valence-electron chi connectivity index (χ3n) is 5.48. The number of hydrogen-bond acceptors (Lipinski definition) is 7. The second-order valence-electron chi connectivity index (χ2n) is 7.85. The van der Waals surface area contributed by atoms with E-state index in [-0.39, 0.29) is 19.0 Å². The number of amides is 3. The number of hydrogen-bond donors (Lipinski definition) is 1. The molecule has 0 bridgehead atoms. The summed E-state index contributed by atoms with van der Waals surface area (Å²) in [4.78, 5) is 55.0. The number of benzene rings is 1. The van der Waals surface area contributed by atoms with E-state index in [1.54, 1.807) is 30.6 Å². The van der Waals surface area contributed by atoms with Gasteiger partial charge in [-0.25, -0.2) is 0 Å². The van der Waals surface area contributed by atoms with Crippen molar-refractivity contribution in [3.05, 3.63) is 70.9 Å². The fourth-order valence-corrected chi connectivity index (χ4v) is 4.35. The van der Waals surface area contributed by atoms with Crippen LogP contribution < -0.4 is 5.32 Å². The molecule has 0 spiro atoms. The first-order chi connectivity index (χ1) is 16.4. The van der Waals surface area contributed by atoms with Crippen molar-refractivity contribution in [2.45, 2.75) is 26.2 Å². The number of esters is 1. The van der Waals surface area contributed by atoms with Gasteiger partial charge in [0, 0.05) is 25.5 Å². The molecule has 2 aromatic rings. The zero-order chi connectivity index (χ0) is 24.5. The minimum atomic E-state index is -0.498. The fraction of sp³-hybridized carbons (Fsp3) is 0.320. The molecule has 34 heavy (non-hydrogen) atoms. The van der Waals surface area contributed by atoms with Gasteiger partial charge in [-0.05, 0) is 40.9 Å². The highest BCUT2D eigenvalue weighted by Crippen LogP contribution is 2.31. The predicted molar refractivity (Wildman–Crippen MR) is 130 cm³/mol. The second kappa shape index (κ2) is 12.1. The normalized spacial score (nSPS) is 16.4. The predicted octanol–water partition coefficient (Wildman–Crippen LogP) is 3.61. The lowest BCUT2D eigenvalue weighted by Gasteiger charge is -2.21. The Balaban J connectivity index is 1.48. The Bertz CT molecular complexity index is 1060. The molecular formula is C25H27N3O5S. The molecule has 9 heteroatoms. The van der Waals surface area contributed by atoms with Gasteiger partial charge in [0.1, 0.15) is 0 Å². The van der Waals surface area contributed by atoms with Crippen molar-refractivity contribution in [2.24, 2.45) is 5.92 Å². The summed E-state index contributed by atoms with van der Waals surface area (Å²) >= 11 is 0.844. The Hall–Kier alpha value is -3.46. The quantitative estimate of drug-likeness (QED) is 0.408. The maximum absolute atomic E-state index is 12.7. The number of ether oxygens (including phenoxy) is 1. The molecule has 8 nitrogen and oxygen atoms in total. The Kier molecular flexibility index (Phi) is 8.98. The summed E-state index contributed by atoms with van der Waals surface area (Å²) in [7, 11) is 0. The van der Waals surface area contributed by atoms with Crippen molar-refractivity contribution < 1.29 is 23.9 Å². The topological polar surface area (TPSA) is 106 Å². The second-order valence-corrected chi connectivity index (χ2v) is 8.84.